The van der Waals surface area contributed by atoms with Gasteiger partial charge in [0, 0.05) is 43.8 Å². The highest BCUT2D eigenvalue weighted by molar-refractivity contribution is 6.38. The third kappa shape index (κ3) is 4.11. The summed E-state index contributed by atoms with van der Waals surface area (Å²) in [6.45, 7) is 0. The van der Waals surface area contributed by atoms with Gasteiger partial charge in [0.05, 0.1) is 0 Å². The second kappa shape index (κ2) is 10.7. The first kappa shape index (κ1) is 30.0. The Balaban J connectivity index is 1.22. The van der Waals surface area contributed by atoms with Crippen molar-refractivity contribution in [2.24, 2.45) is 30.0 Å². The molecule has 8 aromatic carbocycles. The lowest BCUT2D eigenvalue weighted by Gasteiger charge is -2.11. The van der Waals surface area contributed by atoms with Crippen LogP contribution in [0.5, 0.6) is 0 Å². The van der Waals surface area contributed by atoms with E-state index in [1.54, 1.807) is 0 Å². The maximum Gasteiger partial charge on any atom is 0.563 e. The molecule has 9 heteroatoms. The number of fused-ring (bicyclic) bond motifs is 18. The van der Waals surface area contributed by atoms with Crippen LogP contribution >= 0.6 is 0 Å². The Morgan fingerprint density at radius 1 is 0.298 bits per heavy atom. The molecule has 8 nitrogen and oxygen atoms in total. The highest BCUT2D eigenvalue weighted by Crippen LogP contribution is 2.42. The zero-order valence-electron chi connectivity index (χ0n) is 30.1. The molecule has 2 aromatic heterocycles. The van der Waals surface area contributed by atoms with Crippen molar-refractivity contribution >= 4 is 115 Å². The fourth-order valence-corrected chi connectivity index (χ4v) is 11.1. The van der Waals surface area contributed by atoms with Gasteiger partial charge >= 0.3 is 15.7 Å². The van der Waals surface area contributed by atoms with Crippen LogP contribution in [-0.4, -0.2) is 46.1 Å². The minimum Gasteiger partial charge on any atom is -0.386 e. The number of amidine groups is 4. The molecule has 260 valence electrons. The van der Waals surface area contributed by atoms with E-state index in [1.165, 1.54) is 0 Å². The number of nitrogens with zero attached hydrogens (tertiary/aromatic N) is 8. The van der Waals surface area contributed by atoms with Crippen molar-refractivity contribution in [1.82, 2.24) is 7.10 Å². The lowest BCUT2D eigenvalue weighted by molar-refractivity contribution is 0.992. The summed E-state index contributed by atoms with van der Waals surface area (Å²) >= 11 is -1.54. The number of aliphatic imine (C=N–C) groups is 4. The number of hydrogen-bond donors (Lipinski definition) is 0. The molecule has 10 aromatic rings. The largest absolute Gasteiger partial charge is 0.563 e. The lowest BCUT2D eigenvalue weighted by Crippen LogP contribution is -2.36. The van der Waals surface area contributed by atoms with E-state index in [1.807, 2.05) is 0 Å². The molecule has 0 atom stereocenters. The zero-order chi connectivity index (χ0) is 36.9. The van der Waals surface area contributed by atoms with Gasteiger partial charge in [0.25, 0.3) is 0 Å². The van der Waals surface area contributed by atoms with Gasteiger partial charge in [0.15, 0.2) is 23.3 Å². The van der Waals surface area contributed by atoms with Crippen molar-refractivity contribution in [1.29, 1.82) is 0 Å². The molecule has 0 spiro atoms. The molecule has 6 bridgehead atoms. The van der Waals surface area contributed by atoms with Gasteiger partial charge in [-0.1, -0.05) is 97.1 Å². The number of hydrogen-bond acceptors (Lipinski definition) is 6. The van der Waals surface area contributed by atoms with Crippen molar-refractivity contribution in [2.45, 2.75) is 0 Å². The Labute approximate surface area is 329 Å². The maximum absolute atomic E-state index is 5.56. The summed E-state index contributed by atoms with van der Waals surface area (Å²) in [5.41, 5.74) is 5.56. The third-order valence-electron chi connectivity index (χ3n) is 12.0. The maximum atomic E-state index is 5.56. The molecule has 0 N–H and O–H groups in total. The van der Waals surface area contributed by atoms with Crippen LogP contribution in [0.25, 0.3) is 64.6 Å². The lowest BCUT2D eigenvalue weighted by atomic mass is 10.0. The summed E-state index contributed by atoms with van der Waals surface area (Å²) in [6.07, 6.45) is 0. The van der Waals surface area contributed by atoms with Gasteiger partial charge in [0.2, 0.25) is 0 Å². The van der Waals surface area contributed by atoms with E-state index in [2.05, 4.69) is 153 Å². The fourth-order valence-electron chi connectivity index (χ4n) is 9.30. The average Bonchev–Trinajstić information content (AvgIpc) is 3.93. The van der Waals surface area contributed by atoms with Gasteiger partial charge in [-0.2, -0.15) is 0 Å². The molecule has 6 heterocycles. The van der Waals surface area contributed by atoms with Crippen LogP contribution in [0, 0.1) is 0 Å². The Kier molecular flexibility index (Phi) is 5.63. The topological polar surface area (TPSA) is 84.0 Å². The first-order valence-corrected chi connectivity index (χ1v) is 20.4. The predicted molar refractivity (Wildman–Crippen MR) is 233 cm³/mol. The van der Waals surface area contributed by atoms with Crippen LogP contribution in [0.4, 0.5) is 11.6 Å². The van der Waals surface area contributed by atoms with Crippen molar-refractivity contribution in [3.8, 4) is 0 Å². The molecule has 0 aliphatic carbocycles. The van der Waals surface area contributed by atoms with Crippen molar-refractivity contribution in [3.05, 3.63) is 179 Å². The average molecular weight is 741 g/mol. The zero-order valence-corrected chi connectivity index (χ0v) is 31.6. The Morgan fingerprint density at radius 2 is 0.596 bits per heavy atom. The number of aromatic nitrogens is 2. The van der Waals surface area contributed by atoms with Gasteiger partial charge in [0.1, 0.15) is 22.6 Å². The number of rotatable bonds is 0. The van der Waals surface area contributed by atoms with E-state index in [0.29, 0.717) is 23.3 Å². The fraction of sp³-hybridized carbons (Fsp3) is 0. The molecular weight excluding hydrogens is 716 g/mol. The molecule has 4 aliphatic rings. The monoisotopic (exact) mass is 740 g/mol. The van der Waals surface area contributed by atoms with Crippen molar-refractivity contribution < 1.29 is 0 Å². The predicted octanol–water partition coefficient (Wildman–Crippen LogP) is 8.82. The van der Waals surface area contributed by atoms with Gasteiger partial charge in [-0.15, -0.1) is 0 Å². The standard InChI is InChI=1S/C48H24N8.Al.H/c1-2-10-26-18-34-33(17-25(26)9-1)41-49-42(34)54-44-37-21-29-13-5-6-14-30(29)22-38(37)46(51-44)56-48-40-24-32-16-8-7-15-31(32)23-39(40)47(52-48)55-45-36-20-28-12-4-3-11-27(28)19-35(36)43(50-45)53-41;;/h1-24H;;/q-2;+2;. The Hall–Kier alpha value is -7.31. The third-order valence-corrected chi connectivity index (χ3v) is 13.8. The van der Waals surface area contributed by atoms with E-state index < -0.39 is 15.7 Å². The van der Waals surface area contributed by atoms with Crippen LogP contribution in [0.1, 0.15) is 22.3 Å². The van der Waals surface area contributed by atoms with Crippen LogP contribution in [-0.2, 0) is 0 Å². The van der Waals surface area contributed by atoms with Crippen LogP contribution in [0.15, 0.2) is 176 Å². The van der Waals surface area contributed by atoms with E-state index in [4.69, 9.17) is 30.0 Å². The molecule has 0 saturated heterocycles. The summed E-state index contributed by atoms with van der Waals surface area (Å²) in [7, 11) is 0. The summed E-state index contributed by atoms with van der Waals surface area (Å²) in [5.74, 6) is 4.29. The Morgan fingerprint density at radius 3 is 0.947 bits per heavy atom. The molecule has 0 saturated carbocycles. The minimum absolute atomic E-state index is 0.654. The highest BCUT2D eigenvalue weighted by atomic mass is 27.1. The van der Waals surface area contributed by atoms with E-state index >= 15 is 0 Å². The highest BCUT2D eigenvalue weighted by Gasteiger charge is 2.31. The first-order chi connectivity index (χ1) is 28.2. The molecule has 0 unspecified atom stereocenters. The van der Waals surface area contributed by atoms with Gasteiger partial charge < -0.3 is 7.10 Å². The first-order valence-electron chi connectivity index (χ1n) is 19.1. The van der Waals surface area contributed by atoms with E-state index in [9.17, 15) is 0 Å². The number of benzene rings is 8. The van der Waals surface area contributed by atoms with Crippen LogP contribution in [0.3, 0.4) is 0 Å². The van der Waals surface area contributed by atoms with Gasteiger partial charge in [-0.25, -0.2) is 30.0 Å². The molecule has 0 fully saturated rings. The summed E-state index contributed by atoms with van der Waals surface area (Å²) in [4.78, 5) is 32.8. The summed E-state index contributed by atoms with van der Waals surface area (Å²) < 4.78 is 4.72. The minimum atomic E-state index is -1.54. The van der Waals surface area contributed by atoms with E-state index in [-0.39, 0.29) is 0 Å². The second-order valence-electron chi connectivity index (χ2n) is 15.2. The van der Waals surface area contributed by atoms with Crippen LogP contribution < -0.4 is 11.0 Å². The SMILES string of the molecule is c1ccc2cc3c(cc2c1)C1=NC3=Nc2c3cc4ccccc4cc3c3[n]2[AlH][n]2c(c4cc5ccccc5cc4c2=NC2=NC(=N3)c3cc4ccccc4cc32)=N1. The quantitative estimate of drug-likeness (QED) is 0.139. The molecule has 57 heavy (non-hydrogen) atoms. The molecule has 0 amide bonds. The van der Waals surface area contributed by atoms with Crippen molar-refractivity contribution in [2.75, 3.05) is 0 Å². The molecule has 4 aliphatic heterocycles. The molecule has 0 radical (unpaired) electrons. The van der Waals surface area contributed by atoms with Crippen LogP contribution in [0.2, 0.25) is 0 Å². The molecular formula is C48H25AlN8. The molecule has 14 rings (SSSR count). The smallest absolute Gasteiger partial charge is 0.386 e. The van der Waals surface area contributed by atoms with Gasteiger partial charge in [-0.05, 0) is 91.6 Å². The summed E-state index contributed by atoms with van der Waals surface area (Å²) in [5, 5.41) is 13.2. The van der Waals surface area contributed by atoms with Crippen molar-refractivity contribution in [3.63, 3.8) is 0 Å². The summed E-state index contributed by atoms with van der Waals surface area (Å²) in [6, 6.07) is 51.9. The normalized spacial score (nSPS) is 14.8. The van der Waals surface area contributed by atoms with E-state index in [0.717, 1.165) is 109 Å². The second-order valence-corrected chi connectivity index (χ2v) is 16.8. The Bertz CT molecular complexity index is 3600. The van der Waals surface area contributed by atoms with Gasteiger partial charge in [-0.3, -0.25) is 0 Å².